The van der Waals surface area contributed by atoms with E-state index in [-0.39, 0.29) is 56.0 Å². The van der Waals surface area contributed by atoms with Gasteiger partial charge in [-0.3, -0.25) is 19.2 Å². The average molecular weight is 1010 g/mol. The highest BCUT2D eigenvalue weighted by atomic mass is 35.5. The summed E-state index contributed by atoms with van der Waals surface area (Å²) in [4.78, 5) is 74.0. The minimum absolute atomic E-state index is 0.0267. The molecule has 2 fully saturated rings. The molecule has 2 aromatic heterocycles. The number of methoxy groups -OCH3 is 1. The number of halogens is 1. The molecule has 5 aromatic rings. The number of thiazole rings is 1. The van der Waals surface area contributed by atoms with Crippen molar-refractivity contribution in [2.75, 3.05) is 68.7 Å². The maximum absolute atomic E-state index is 14.1. The van der Waals surface area contributed by atoms with Crippen molar-refractivity contribution in [3.8, 4) is 16.2 Å². The third-order valence-corrected chi connectivity index (χ3v) is 15.2. The summed E-state index contributed by atoms with van der Waals surface area (Å²) in [7, 11) is -1.01. The number of aromatic nitrogens is 3. The largest absolute Gasteiger partial charge is 0.494 e. The Bertz CT molecular complexity index is 2740. The molecule has 0 radical (unpaired) electrons. The fraction of sp³-hybridized carbons (Fsp3) is 0.420. The number of hydrogen-bond acceptors (Lipinski definition) is 14. The lowest BCUT2D eigenvalue weighted by molar-refractivity contribution is -0.144. The Balaban J connectivity index is 0.873. The fourth-order valence-electron chi connectivity index (χ4n) is 8.58. The summed E-state index contributed by atoms with van der Waals surface area (Å²) >= 11 is 8.04. The Kier molecular flexibility index (Phi) is 16.5. The van der Waals surface area contributed by atoms with E-state index in [0.717, 1.165) is 27.4 Å². The first kappa shape index (κ1) is 51.8. The van der Waals surface area contributed by atoms with Crippen molar-refractivity contribution in [2.45, 2.75) is 78.1 Å². The molecule has 0 bridgehead atoms. The van der Waals surface area contributed by atoms with Crippen LogP contribution in [0.3, 0.4) is 0 Å². The van der Waals surface area contributed by atoms with Gasteiger partial charge in [0, 0.05) is 75.6 Å². The van der Waals surface area contributed by atoms with Gasteiger partial charge in [0.05, 0.1) is 46.9 Å². The lowest BCUT2D eigenvalue weighted by Crippen LogP contribution is -2.57. The molecule has 0 aliphatic carbocycles. The van der Waals surface area contributed by atoms with E-state index < -0.39 is 36.7 Å². The first-order valence-corrected chi connectivity index (χ1v) is 27.1. The highest BCUT2D eigenvalue weighted by molar-refractivity contribution is 7.70. The summed E-state index contributed by atoms with van der Waals surface area (Å²) in [6, 6.07) is 19.1. The molecular weight excluding hydrogens is 951 g/mol. The molecule has 7 rings (SSSR count). The lowest BCUT2D eigenvalue weighted by atomic mass is 9.85. The number of β-amino-alcohol motifs (C(OH)–C–C–N with tert-alkyl or cyclic N) is 1. The number of aryl methyl sites for hydroxylation is 1. The van der Waals surface area contributed by atoms with Crippen molar-refractivity contribution in [1.29, 1.82) is 0 Å². The third kappa shape index (κ3) is 12.8. The van der Waals surface area contributed by atoms with Gasteiger partial charge in [0.25, 0.3) is 0 Å². The molecule has 17 nitrogen and oxygen atoms in total. The van der Waals surface area contributed by atoms with Crippen LogP contribution in [-0.4, -0.2) is 125 Å². The molecule has 3 aromatic carbocycles. The van der Waals surface area contributed by atoms with Gasteiger partial charge >= 0.3 is 0 Å². The summed E-state index contributed by atoms with van der Waals surface area (Å²) in [5.41, 5.74) is 6.16. The molecule has 3 atom stereocenters. The molecule has 20 heteroatoms. The maximum atomic E-state index is 14.1. The predicted molar refractivity (Wildman–Crippen MR) is 276 cm³/mol. The molecule has 2 aliphatic heterocycles. The number of anilines is 5. The number of carbonyl (C=O) groups is 4. The Morgan fingerprint density at radius 1 is 0.957 bits per heavy atom. The number of carbonyl (C=O) groups excluding carboxylic acids is 4. The van der Waals surface area contributed by atoms with E-state index in [4.69, 9.17) is 16.3 Å². The van der Waals surface area contributed by atoms with Crippen LogP contribution in [0.1, 0.15) is 57.7 Å². The molecule has 372 valence electrons. The summed E-state index contributed by atoms with van der Waals surface area (Å²) in [5, 5.41) is 23.9. The topological polar surface area (TPSA) is 211 Å². The zero-order valence-electron chi connectivity index (χ0n) is 40.6. The molecule has 70 heavy (non-hydrogen) atoms. The number of aliphatic hydroxyl groups excluding tert-OH is 1. The lowest BCUT2D eigenvalue weighted by Gasteiger charge is -2.36. The van der Waals surface area contributed by atoms with Gasteiger partial charge in [-0.15, -0.1) is 11.3 Å². The van der Waals surface area contributed by atoms with Crippen LogP contribution in [0.4, 0.5) is 28.8 Å². The zero-order valence-corrected chi connectivity index (χ0v) is 43.1. The first-order valence-electron chi connectivity index (χ1n) is 23.3. The second-order valence-corrected chi connectivity index (χ2v) is 23.5. The van der Waals surface area contributed by atoms with Gasteiger partial charge in [0.1, 0.15) is 30.0 Å². The van der Waals surface area contributed by atoms with Crippen molar-refractivity contribution in [3.05, 3.63) is 94.7 Å². The molecule has 5 N–H and O–H groups in total. The molecule has 4 heterocycles. The molecule has 0 saturated carbocycles. The second-order valence-electron chi connectivity index (χ2n) is 19.1. The van der Waals surface area contributed by atoms with Crippen molar-refractivity contribution in [3.63, 3.8) is 0 Å². The van der Waals surface area contributed by atoms with E-state index in [1.165, 1.54) is 11.1 Å². The minimum Gasteiger partial charge on any atom is -0.494 e. The molecule has 0 spiro atoms. The highest BCUT2D eigenvalue weighted by Crippen LogP contribution is 2.39. The molecular formula is C50H62ClN10O7PS. The minimum atomic E-state index is -2.59. The number of piperazine rings is 1. The SMILES string of the molecule is COc1cc(N2CCN(C(=O)CCCC(=O)NC(C(=O)N3CC(O)CC3C(=O)NCc3ccc(-c4scnc4C)cc3)C(C)(C)C)CC2)ccc1Nc1ncc(Cl)c(Nc2ccccc2P(C)(C)=O)n1. The Hall–Kier alpha value is -6.07. The van der Waals surface area contributed by atoms with E-state index >= 15 is 0 Å². The Morgan fingerprint density at radius 3 is 2.36 bits per heavy atom. The fourth-order valence-corrected chi connectivity index (χ4v) is 10.7. The van der Waals surface area contributed by atoms with Crippen LogP contribution in [-0.2, 0) is 30.3 Å². The van der Waals surface area contributed by atoms with Crippen LogP contribution in [0, 0.1) is 12.3 Å². The molecule has 2 saturated heterocycles. The van der Waals surface area contributed by atoms with Gasteiger partial charge in [0.2, 0.25) is 29.6 Å². The molecule has 3 unspecified atom stereocenters. The normalized spacial score (nSPS) is 16.7. The quantitative estimate of drug-likeness (QED) is 0.0599. The van der Waals surface area contributed by atoms with Crippen LogP contribution in [0.25, 0.3) is 10.4 Å². The van der Waals surface area contributed by atoms with Crippen molar-refractivity contribution < 1.29 is 33.6 Å². The van der Waals surface area contributed by atoms with E-state index in [9.17, 15) is 28.8 Å². The number of benzene rings is 3. The summed E-state index contributed by atoms with van der Waals surface area (Å²) < 4.78 is 18.7. The van der Waals surface area contributed by atoms with Crippen LogP contribution in [0.5, 0.6) is 5.75 Å². The van der Waals surface area contributed by atoms with Crippen LogP contribution in [0.15, 0.2) is 78.4 Å². The van der Waals surface area contributed by atoms with Gasteiger partial charge < -0.3 is 50.4 Å². The molecule has 2 aliphatic rings. The number of hydrogen-bond donors (Lipinski definition) is 5. The second kappa shape index (κ2) is 22.3. The van der Waals surface area contributed by atoms with Crippen molar-refractivity contribution in [1.82, 2.24) is 35.4 Å². The summed E-state index contributed by atoms with van der Waals surface area (Å²) in [5.74, 6) is -0.0743. The zero-order chi connectivity index (χ0) is 50.3. The van der Waals surface area contributed by atoms with Gasteiger partial charge in [-0.25, -0.2) is 9.97 Å². The standard InChI is InChI=1S/C50H62ClN10O7PS/c1-31-44(70-30-54-31)33-17-15-32(16-18-33)27-52-47(65)39-26-35(62)29-61(39)48(66)45(50(2,3)4)57-42(63)13-10-14-43(64)60-23-21-59(22-24-60)34-19-20-37(40(25-34)68-5)56-49-53-28-36(51)46(58-49)55-38-11-8-9-12-41(38)69(6,7)67/h8-9,11-12,15-20,25,28,30,35,39,45,62H,10,13-14,21-24,26-27,29H2,1-7H3,(H,52,65)(H,57,63)(H2,53,55,56,58). The van der Waals surface area contributed by atoms with Crippen LogP contribution < -0.4 is 36.2 Å². The molecule has 4 amide bonds. The van der Waals surface area contributed by atoms with Crippen LogP contribution >= 0.6 is 30.1 Å². The number of amides is 4. The highest BCUT2D eigenvalue weighted by Gasteiger charge is 2.44. The number of nitrogens with one attached hydrogen (secondary N) is 4. The number of aliphatic hydroxyl groups is 1. The van der Waals surface area contributed by atoms with Gasteiger partial charge in [-0.2, -0.15) is 4.98 Å². The van der Waals surface area contributed by atoms with Crippen molar-refractivity contribution in [2.24, 2.45) is 5.41 Å². The van der Waals surface area contributed by atoms with Crippen molar-refractivity contribution >= 4 is 87.8 Å². The number of para-hydroxylation sites is 1. The maximum Gasteiger partial charge on any atom is 0.246 e. The number of rotatable bonds is 17. The predicted octanol–water partition coefficient (Wildman–Crippen LogP) is 6.93. The van der Waals surface area contributed by atoms with E-state index in [1.807, 2.05) is 99.9 Å². The number of nitrogens with zero attached hydrogens (tertiary/aromatic N) is 6. The first-order chi connectivity index (χ1) is 33.3. The Labute approximate surface area is 418 Å². The summed E-state index contributed by atoms with van der Waals surface area (Å²) in [6.07, 6.45) is 1.18. The van der Waals surface area contributed by atoms with E-state index in [0.29, 0.717) is 65.9 Å². The number of likely N-dealkylation sites (tertiary alicyclic amines) is 1. The third-order valence-electron chi connectivity index (χ3n) is 12.4. The van der Waals surface area contributed by atoms with Crippen LogP contribution in [0.2, 0.25) is 5.02 Å². The Morgan fingerprint density at radius 2 is 1.69 bits per heavy atom. The average Bonchev–Trinajstić information content (AvgIpc) is 3.95. The van der Waals surface area contributed by atoms with Gasteiger partial charge in [-0.1, -0.05) is 68.8 Å². The number of ether oxygens (including phenoxy) is 1. The van der Waals surface area contributed by atoms with Gasteiger partial charge in [-0.05, 0) is 67.5 Å². The monoisotopic (exact) mass is 1010 g/mol. The summed E-state index contributed by atoms with van der Waals surface area (Å²) in [6.45, 7) is 13.3. The van der Waals surface area contributed by atoms with Gasteiger partial charge in [0.15, 0.2) is 5.82 Å². The van der Waals surface area contributed by atoms with E-state index in [2.05, 4.69) is 41.1 Å². The smallest absolute Gasteiger partial charge is 0.246 e. The van der Waals surface area contributed by atoms with E-state index in [1.54, 1.807) is 36.7 Å².